The van der Waals surface area contributed by atoms with Crippen LogP contribution in [-0.4, -0.2) is 37.9 Å². The number of hydrogen-bond acceptors (Lipinski definition) is 7. The molecule has 0 saturated heterocycles. The summed E-state index contributed by atoms with van der Waals surface area (Å²) in [5.74, 6) is -2.87. The first-order valence-corrected chi connectivity index (χ1v) is 9.80. The molecule has 3 rings (SSSR count). The topological polar surface area (TPSA) is 66.9 Å². The summed E-state index contributed by atoms with van der Waals surface area (Å²) in [4.78, 5) is 15.7. The van der Waals surface area contributed by atoms with E-state index >= 15 is 0 Å². The van der Waals surface area contributed by atoms with E-state index in [0.717, 1.165) is 23.5 Å². The van der Waals surface area contributed by atoms with E-state index < -0.39 is 29.6 Å². The largest absolute Gasteiger partial charge is 0.502 e. The minimum absolute atomic E-state index is 0.118. The second-order valence-corrected chi connectivity index (χ2v) is 7.28. The number of alkyl halides is 5. The average Bonchev–Trinajstić information content (AvgIpc) is 3.16. The highest BCUT2D eigenvalue weighted by Crippen LogP contribution is 2.45. The van der Waals surface area contributed by atoms with Gasteiger partial charge in [-0.1, -0.05) is 0 Å². The van der Waals surface area contributed by atoms with Crippen LogP contribution in [0, 0.1) is 0 Å². The maximum atomic E-state index is 14.1. The van der Waals surface area contributed by atoms with Gasteiger partial charge in [-0.25, -0.2) is 9.78 Å². The number of nitrogens with zero attached hydrogens (tertiary/aromatic N) is 1. The van der Waals surface area contributed by atoms with Gasteiger partial charge in [-0.3, -0.25) is 0 Å². The Bertz CT molecular complexity index is 1120. The smallest absolute Gasteiger partial charge is 0.493 e. The van der Waals surface area contributed by atoms with E-state index in [1.807, 2.05) is 0 Å². The molecule has 2 aromatic carbocycles. The van der Waals surface area contributed by atoms with Gasteiger partial charge in [-0.05, 0) is 37.3 Å². The Kier molecular flexibility index (Phi) is 6.44. The van der Waals surface area contributed by atoms with Crippen LogP contribution < -0.4 is 14.2 Å². The predicted octanol–water partition coefficient (Wildman–Crippen LogP) is 5.53. The first kappa shape index (κ1) is 23.5. The zero-order valence-corrected chi connectivity index (χ0v) is 17.7. The third-order valence-electron chi connectivity index (χ3n) is 4.17. The summed E-state index contributed by atoms with van der Waals surface area (Å²) in [7, 11) is 2.36. The van der Waals surface area contributed by atoms with Crippen LogP contribution in [-0.2, 0) is 15.7 Å². The summed E-state index contributed by atoms with van der Waals surface area (Å²) >= 11 is 1.09. The number of benzene rings is 2. The summed E-state index contributed by atoms with van der Waals surface area (Å²) in [5.41, 5.74) is -0.408. The molecule has 0 bridgehead atoms. The number of carbonyl (C=O) groups is 1. The fourth-order valence-corrected chi connectivity index (χ4v) is 3.65. The molecule has 1 heterocycles. The fraction of sp³-hybridized carbons (Fsp3) is 0.300. The lowest BCUT2D eigenvalue weighted by Crippen LogP contribution is -2.37. The second-order valence-electron chi connectivity index (χ2n) is 6.25. The van der Waals surface area contributed by atoms with Crippen LogP contribution in [0.15, 0.2) is 30.3 Å². The van der Waals surface area contributed by atoms with Crippen LogP contribution in [0.2, 0.25) is 0 Å². The van der Waals surface area contributed by atoms with Crippen molar-refractivity contribution in [3.8, 4) is 27.8 Å². The van der Waals surface area contributed by atoms with Gasteiger partial charge in [0.1, 0.15) is 5.01 Å². The molecule has 0 fully saturated rings. The lowest BCUT2D eigenvalue weighted by molar-refractivity contribution is -0.216. The number of fused-ring (bicyclic) bond motifs is 1. The van der Waals surface area contributed by atoms with Crippen molar-refractivity contribution in [2.45, 2.75) is 19.2 Å². The molecule has 0 aliphatic heterocycles. The van der Waals surface area contributed by atoms with Gasteiger partial charge in [0.15, 0.2) is 11.5 Å². The van der Waals surface area contributed by atoms with E-state index in [-0.39, 0.29) is 23.6 Å². The highest BCUT2D eigenvalue weighted by atomic mass is 32.1. The molecule has 0 saturated carbocycles. The molecule has 0 spiro atoms. The Morgan fingerprint density at radius 1 is 1.03 bits per heavy atom. The summed E-state index contributed by atoms with van der Waals surface area (Å²) in [6.45, 7) is 1.08. The monoisotopic (exact) mass is 477 g/mol. The van der Waals surface area contributed by atoms with Gasteiger partial charge in [0, 0.05) is 5.56 Å². The molecular weight excluding hydrogens is 461 g/mol. The molecule has 1 aromatic heterocycles. The molecule has 0 aliphatic rings. The Balaban J connectivity index is 2.05. The molecule has 6 nitrogen and oxygen atoms in total. The summed E-state index contributed by atoms with van der Waals surface area (Å²) in [5, 5.41) is 0.291. The van der Waals surface area contributed by atoms with Crippen LogP contribution >= 0.6 is 11.3 Å². The van der Waals surface area contributed by atoms with E-state index in [1.165, 1.54) is 39.3 Å². The zero-order valence-electron chi connectivity index (χ0n) is 16.9. The number of rotatable bonds is 7. The minimum atomic E-state index is -4.52. The lowest BCUT2D eigenvalue weighted by Gasteiger charge is -2.20. The SMILES string of the molecule is CCOC(=O)C(F)(F)Oc1c(OC)cc(-c2nc3cc(C(F)(F)F)ccc3s2)cc1OC. The number of esters is 1. The lowest BCUT2D eigenvalue weighted by atomic mass is 10.2. The molecular formula is C20H16F5NO5S. The van der Waals surface area contributed by atoms with Crippen molar-refractivity contribution < 1.29 is 45.7 Å². The summed E-state index contributed by atoms with van der Waals surface area (Å²) in [6.07, 6.45) is -8.84. The Morgan fingerprint density at radius 3 is 2.19 bits per heavy atom. The Labute approximate surface area is 182 Å². The van der Waals surface area contributed by atoms with Crippen LogP contribution in [0.25, 0.3) is 20.8 Å². The zero-order chi connectivity index (χ0) is 23.7. The van der Waals surface area contributed by atoms with Crippen LogP contribution in [0.3, 0.4) is 0 Å². The van der Waals surface area contributed by atoms with Crippen LogP contribution in [0.4, 0.5) is 22.0 Å². The van der Waals surface area contributed by atoms with Crippen molar-refractivity contribution in [1.29, 1.82) is 0 Å². The number of methoxy groups -OCH3 is 2. The molecule has 0 atom stereocenters. The van der Waals surface area contributed by atoms with Crippen molar-refractivity contribution in [3.05, 3.63) is 35.9 Å². The second kappa shape index (κ2) is 8.77. The number of aromatic nitrogens is 1. The average molecular weight is 477 g/mol. The van der Waals surface area contributed by atoms with Gasteiger partial charge in [0.25, 0.3) is 0 Å². The van der Waals surface area contributed by atoms with Gasteiger partial charge in [-0.15, -0.1) is 11.3 Å². The van der Waals surface area contributed by atoms with Crippen molar-refractivity contribution in [2.24, 2.45) is 0 Å². The van der Waals surface area contributed by atoms with E-state index in [9.17, 15) is 26.7 Å². The van der Waals surface area contributed by atoms with E-state index in [0.29, 0.717) is 15.3 Å². The molecule has 172 valence electrons. The maximum absolute atomic E-state index is 14.1. The summed E-state index contributed by atoms with van der Waals surface area (Å²) < 4.78 is 86.7. The standard InChI is InChI=1S/C20H16F5NO5S/c1-4-30-18(27)20(24,25)31-16-13(28-2)7-10(8-14(16)29-3)17-26-12-9-11(19(21,22)23)5-6-15(12)32-17/h5-9H,4H2,1-3H3. The molecule has 0 unspecified atom stereocenters. The van der Waals surface area contributed by atoms with Gasteiger partial charge in [-0.2, -0.15) is 22.0 Å². The van der Waals surface area contributed by atoms with Crippen molar-refractivity contribution in [1.82, 2.24) is 4.98 Å². The van der Waals surface area contributed by atoms with E-state index in [2.05, 4.69) is 14.5 Å². The number of ether oxygens (including phenoxy) is 4. The first-order valence-electron chi connectivity index (χ1n) is 8.98. The van der Waals surface area contributed by atoms with Crippen molar-refractivity contribution >= 4 is 27.5 Å². The summed E-state index contributed by atoms with van der Waals surface area (Å²) in [6, 6.07) is 5.75. The minimum Gasteiger partial charge on any atom is -0.493 e. The van der Waals surface area contributed by atoms with E-state index in [1.54, 1.807) is 0 Å². The Morgan fingerprint density at radius 2 is 1.66 bits per heavy atom. The van der Waals surface area contributed by atoms with Gasteiger partial charge >= 0.3 is 18.3 Å². The molecule has 0 N–H and O–H groups in total. The molecule has 0 aliphatic carbocycles. The first-order chi connectivity index (χ1) is 15.0. The van der Waals surface area contributed by atoms with E-state index in [4.69, 9.17) is 9.47 Å². The van der Waals surface area contributed by atoms with Gasteiger partial charge in [0.05, 0.1) is 36.6 Å². The molecule has 12 heteroatoms. The molecule has 32 heavy (non-hydrogen) atoms. The molecule has 0 amide bonds. The predicted molar refractivity (Wildman–Crippen MR) is 105 cm³/mol. The molecule has 3 aromatic rings. The highest BCUT2D eigenvalue weighted by Gasteiger charge is 2.45. The number of halogens is 5. The molecule has 0 radical (unpaired) electrons. The maximum Gasteiger partial charge on any atom is 0.502 e. The number of carbonyl (C=O) groups excluding carboxylic acids is 1. The normalized spacial score (nSPS) is 12.0. The fourth-order valence-electron chi connectivity index (χ4n) is 2.72. The third kappa shape index (κ3) is 4.69. The van der Waals surface area contributed by atoms with Gasteiger partial charge in [0.2, 0.25) is 5.75 Å². The number of hydrogen-bond donors (Lipinski definition) is 0. The third-order valence-corrected chi connectivity index (χ3v) is 5.25. The van der Waals surface area contributed by atoms with Crippen LogP contribution in [0.1, 0.15) is 12.5 Å². The number of thiazole rings is 1. The Hall–Kier alpha value is -3.15. The van der Waals surface area contributed by atoms with Crippen molar-refractivity contribution in [3.63, 3.8) is 0 Å². The van der Waals surface area contributed by atoms with Crippen LogP contribution in [0.5, 0.6) is 17.2 Å². The highest BCUT2D eigenvalue weighted by molar-refractivity contribution is 7.21. The van der Waals surface area contributed by atoms with Crippen molar-refractivity contribution in [2.75, 3.05) is 20.8 Å². The quantitative estimate of drug-likeness (QED) is 0.329. The van der Waals surface area contributed by atoms with Gasteiger partial charge < -0.3 is 18.9 Å².